The third kappa shape index (κ3) is 3.76. The summed E-state index contributed by atoms with van der Waals surface area (Å²) in [6, 6.07) is 2.23. The Morgan fingerprint density at radius 1 is 1.61 bits per heavy atom. The van der Waals surface area contributed by atoms with Crippen LogP contribution in [0.2, 0.25) is 0 Å². The molecular formula is C10H11F3N4O. The highest BCUT2D eigenvalue weighted by Gasteiger charge is 2.34. The molecule has 1 atom stereocenters. The number of hydrogen-bond donors (Lipinski definition) is 0. The van der Waals surface area contributed by atoms with Gasteiger partial charge in [-0.25, -0.2) is 0 Å². The van der Waals surface area contributed by atoms with Crippen molar-refractivity contribution in [1.82, 2.24) is 14.7 Å². The molecular weight excluding hydrogens is 249 g/mol. The van der Waals surface area contributed by atoms with E-state index < -0.39 is 31.2 Å². The van der Waals surface area contributed by atoms with E-state index in [0.717, 1.165) is 0 Å². The van der Waals surface area contributed by atoms with E-state index >= 15 is 0 Å². The molecule has 18 heavy (non-hydrogen) atoms. The Labute approximate surface area is 101 Å². The topological polar surface area (TPSA) is 61.9 Å². The number of amides is 1. The largest absolute Gasteiger partial charge is 0.406 e. The zero-order chi connectivity index (χ0) is 13.8. The predicted molar refractivity (Wildman–Crippen MR) is 55.2 cm³/mol. The lowest BCUT2D eigenvalue weighted by atomic mass is 10.3. The molecule has 0 aromatic carbocycles. The van der Waals surface area contributed by atoms with Crippen LogP contribution >= 0.6 is 0 Å². The molecule has 1 rings (SSSR count). The number of nitriles is 1. The lowest BCUT2D eigenvalue weighted by Gasteiger charge is -2.24. The van der Waals surface area contributed by atoms with Crippen molar-refractivity contribution < 1.29 is 18.0 Å². The highest BCUT2D eigenvalue weighted by Crippen LogP contribution is 2.18. The van der Waals surface area contributed by atoms with Gasteiger partial charge < -0.3 is 4.90 Å². The van der Waals surface area contributed by atoms with Gasteiger partial charge in [-0.3, -0.25) is 9.48 Å². The van der Waals surface area contributed by atoms with Gasteiger partial charge in [0.2, 0.25) is 5.91 Å². The lowest BCUT2D eigenvalue weighted by Crippen LogP contribution is -2.42. The van der Waals surface area contributed by atoms with Gasteiger partial charge in [-0.1, -0.05) is 0 Å². The Bertz CT molecular complexity index is 435. The van der Waals surface area contributed by atoms with Crippen molar-refractivity contribution in [2.24, 2.45) is 0 Å². The molecule has 1 aromatic heterocycles. The number of alkyl halides is 3. The van der Waals surface area contributed by atoms with Crippen LogP contribution < -0.4 is 0 Å². The molecule has 0 saturated heterocycles. The molecule has 0 fully saturated rings. The smallest absolute Gasteiger partial charge is 0.318 e. The van der Waals surface area contributed by atoms with E-state index in [1.54, 1.807) is 12.1 Å². The molecule has 0 bridgehead atoms. The van der Waals surface area contributed by atoms with Crippen molar-refractivity contribution in [3.8, 4) is 6.07 Å². The fourth-order valence-electron chi connectivity index (χ4n) is 1.40. The minimum absolute atomic E-state index is 0.465. The monoisotopic (exact) mass is 260 g/mol. The van der Waals surface area contributed by atoms with Gasteiger partial charge in [-0.2, -0.15) is 23.5 Å². The Kier molecular flexibility index (Phi) is 4.31. The minimum atomic E-state index is -4.53. The van der Waals surface area contributed by atoms with E-state index in [4.69, 9.17) is 5.26 Å². The summed E-state index contributed by atoms with van der Waals surface area (Å²) in [7, 11) is 0. The summed E-state index contributed by atoms with van der Waals surface area (Å²) < 4.78 is 38.0. The molecule has 98 valence electrons. The third-order valence-corrected chi connectivity index (χ3v) is 2.22. The fraction of sp³-hybridized carbons (Fsp3) is 0.500. The highest BCUT2D eigenvalue weighted by molar-refractivity contribution is 5.80. The molecule has 0 aliphatic rings. The summed E-state index contributed by atoms with van der Waals surface area (Å²) in [6.07, 6.45) is -1.64. The minimum Gasteiger partial charge on any atom is -0.318 e. The van der Waals surface area contributed by atoms with E-state index in [1.807, 2.05) is 0 Å². The first-order valence-corrected chi connectivity index (χ1v) is 5.07. The second-order valence-electron chi connectivity index (χ2n) is 3.63. The Morgan fingerprint density at radius 2 is 2.28 bits per heavy atom. The van der Waals surface area contributed by atoms with Gasteiger partial charge >= 0.3 is 6.18 Å². The molecule has 8 heteroatoms. The predicted octanol–water partition coefficient (Wildman–Crippen LogP) is 1.36. The summed E-state index contributed by atoms with van der Waals surface area (Å²) in [5, 5.41) is 12.2. The average Bonchev–Trinajstić information content (AvgIpc) is 2.78. The fourth-order valence-corrected chi connectivity index (χ4v) is 1.40. The maximum atomic E-state index is 12.3. The number of carbonyl (C=O) groups is 1. The third-order valence-electron chi connectivity index (χ3n) is 2.22. The summed E-state index contributed by atoms with van der Waals surface area (Å²) in [6.45, 7) is -0.620. The first-order valence-electron chi connectivity index (χ1n) is 5.07. The van der Waals surface area contributed by atoms with Crippen LogP contribution in [-0.4, -0.2) is 39.9 Å². The van der Waals surface area contributed by atoms with Gasteiger partial charge in [-0.05, 0) is 13.0 Å². The molecule has 1 amide bonds. The zero-order valence-corrected chi connectivity index (χ0v) is 9.55. The van der Waals surface area contributed by atoms with Gasteiger partial charge in [0.15, 0.2) is 0 Å². The quantitative estimate of drug-likeness (QED) is 0.768. The van der Waals surface area contributed by atoms with Crippen LogP contribution in [0.4, 0.5) is 13.2 Å². The van der Waals surface area contributed by atoms with Crippen LogP contribution in [0, 0.1) is 11.3 Å². The SMILES string of the molecule is C[C@@H](C(=O)N(CC#N)CC(F)(F)F)n1cccn1. The van der Waals surface area contributed by atoms with Crippen LogP contribution in [0.5, 0.6) is 0 Å². The maximum Gasteiger partial charge on any atom is 0.406 e. The summed E-state index contributed by atoms with van der Waals surface area (Å²) >= 11 is 0. The molecule has 5 nitrogen and oxygen atoms in total. The Balaban J connectivity index is 2.80. The van der Waals surface area contributed by atoms with Gasteiger partial charge in [0, 0.05) is 12.4 Å². The summed E-state index contributed by atoms with van der Waals surface area (Å²) in [5.41, 5.74) is 0. The van der Waals surface area contributed by atoms with E-state index in [2.05, 4.69) is 5.10 Å². The van der Waals surface area contributed by atoms with Crippen molar-refractivity contribution >= 4 is 5.91 Å². The molecule has 0 unspecified atom stereocenters. The number of halogens is 3. The van der Waals surface area contributed by atoms with Crippen LogP contribution in [0.25, 0.3) is 0 Å². The van der Waals surface area contributed by atoms with Crippen molar-refractivity contribution in [1.29, 1.82) is 5.26 Å². The van der Waals surface area contributed by atoms with Crippen LogP contribution in [0.3, 0.4) is 0 Å². The molecule has 0 aliphatic heterocycles. The number of hydrogen-bond acceptors (Lipinski definition) is 3. The summed E-state index contributed by atoms with van der Waals surface area (Å²) in [4.78, 5) is 12.3. The van der Waals surface area contributed by atoms with E-state index in [1.165, 1.54) is 24.0 Å². The molecule has 0 radical (unpaired) electrons. The molecule has 0 aliphatic carbocycles. The Morgan fingerprint density at radius 3 is 2.72 bits per heavy atom. The van der Waals surface area contributed by atoms with Gasteiger partial charge in [0.05, 0.1) is 6.07 Å². The van der Waals surface area contributed by atoms with Gasteiger partial charge in [0.25, 0.3) is 0 Å². The summed E-state index contributed by atoms with van der Waals surface area (Å²) in [5.74, 6) is -0.794. The first kappa shape index (κ1) is 14.0. The standard InChI is InChI=1S/C10H11F3N4O/c1-8(17-5-2-4-15-17)9(18)16(6-3-14)7-10(11,12)13/h2,4-5,8H,6-7H2,1H3/t8-/m0/s1. The van der Waals surface area contributed by atoms with Crippen LogP contribution in [0.15, 0.2) is 18.5 Å². The van der Waals surface area contributed by atoms with Crippen molar-refractivity contribution in [3.63, 3.8) is 0 Å². The molecule has 0 spiro atoms. The number of carbonyl (C=O) groups excluding carboxylic acids is 1. The second-order valence-corrected chi connectivity index (χ2v) is 3.63. The number of nitrogens with zero attached hydrogens (tertiary/aromatic N) is 4. The van der Waals surface area contributed by atoms with Gasteiger partial charge in [-0.15, -0.1) is 0 Å². The molecule has 1 heterocycles. The molecule has 1 aromatic rings. The van der Waals surface area contributed by atoms with E-state index in [0.29, 0.717) is 4.90 Å². The normalized spacial score (nSPS) is 12.8. The van der Waals surface area contributed by atoms with Crippen LogP contribution in [-0.2, 0) is 4.79 Å². The maximum absolute atomic E-state index is 12.3. The first-order chi connectivity index (χ1) is 8.35. The number of rotatable bonds is 4. The van der Waals surface area contributed by atoms with Crippen LogP contribution in [0.1, 0.15) is 13.0 Å². The van der Waals surface area contributed by atoms with Crippen molar-refractivity contribution in [2.45, 2.75) is 19.1 Å². The van der Waals surface area contributed by atoms with Crippen molar-refractivity contribution in [3.05, 3.63) is 18.5 Å². The lowest BCUT2D eigenvalue weighted by molar-refractivity contribution is -0.161. The Hall–Kier alpha value is -2.04. The zero-order valence-electron chi connectivity index (χ0n) is 9.55. The van der Waals surface area contributed by atoms with Crippen molar-refractivity contribution in [2.75, 3.05) is 13.1 Å². The van der Waals surface area contributed by atoms with Gasteiger partial charge in [0.1, 0.15) is 19.1 Å². The highest BCUT2D eigenvalue weighted by atomic mass is 19.4. The molecule has 0 saturated carbocycles. The van der Waals surface area contributed by atoms with E-state index in [-0.39, 0.29) is 0 Å². The molecule has 0 N–H and O–H groups in total. The van der Waals surface area contributed by atoms with E-state index in [9.17, 15) is 18.0 Å². The second kappa shape index (κ2) is 5.53. The number of aromatic nitrogens is 2. The average molecular weight is 260 g/mol.